The van der Waals surface area contributed by atoms with E-state index in [1.807, 2.05) is 6.92 Å². The summed E-state index contributed by atoms with van der Waals surface area (Å²) in [4.78, 5) is 14.9. The van der Waals surface area contributed by atoms with Gasteiger partial charge in [0, 0.05) is 17.8 Å². The highest BCUT2D eigenvalue weighted by molar-refractivity contribution is 5.56. The van der Waals surface area contributed by atoms with Crippen molar-refractivity contribution in [3.05, 3.63) is 27.9 Å². The Morgan fingerprint density at radius 1 is 1.37 bits per heavy atom. The number of aryl methyl sites for hydroxylation is 1. The van der Waals surface area contributed by atoms with E-state index in [0.717, 1.165) is 31.4 Å². The first kappa shape index (κ1) is 13.8. The predicted molar refractivity (Wildman–Crippen MR) is 75.3 cm³/mol. The number of hydrogen-bond donors (Lipinski definition) is 1. The zero-order valence-electron chi connectivity index (χ0n) is 11.8. The minimum absolute atomic E-state index is 0.0652. The minimum atomic E-state index is -0.373. The molecule has 1 aliphatic rings. The molecule has 1 fully saturated rings. The van der Waals surface area contributed by atoms with Crippen molar-refractivity contribution in [1.82, 2.24) is 4.98 Å². The number of nitrogens with one attached hydrogen (secondary N) is 1. The van der Waals surface area contributed by atoms with Gasteiger partial charge in [-0.3, -0.25) is 10.1 Å². The first-order valence-corrected chi connectivity index (χ1v) is 6.76. The fraction of sp³-hybridized carbons (Fsp3) is 0.643. The van der Waals surface area contributed by atoms with E-state index in [1.54, 1.807) is 6.07 Å². The number of rotatable bonds is 3. The highest BCUT2D eigenvalue weighted by atomic mass is 16.6. The molecule has 1 aromatic heterocycles. The zero-order chi connectivity index (χ0) is 14.0. The van der Waals surface area contributed by atoms with Crippen LogP contribution in [-0.2, 0) is 0 Å². The molecule has 0 atom stereocenters. The van der Waals surface area contributed by atoms with Crippen molar-refractivity contribution in [3.63, 3.8) is 0 Å². The molecule has 1 N–H and O–H groups in total. The molecule has 0 bridgehead atoms. The van der Waals surface area contributed by atoms with E-state index < -0.39 is 0 Å². The third kappa shape index (κ3) is 3.43. The van der Waals surface area contributed by atoms with Crippen LogP contribution >= 0.6 is 0 Å². The van der Waals surface area contributed by atoms with Crippen LogP contribution in [-0.4, -0.2) is 15.9 Å². The standard InChI is InChI=1S/C14H21N3O2/c1-10-4-5-12(17(18)19)13(15-10)16-11-6-8-14(2,3)9-7-11/h4-5,11H,6-9H2,1-3H3,(H,15,16). The third-order valence-corrected chi connectivity index (χ3v) is 3.89. The molecular weight excluding hydrogens is 242 g/mol. The van der Waals surface area contributed by atoms with E-state index in [-0.39, 0.29) is 10.6 Å². The van der Waals surface area contributed by atoms with Gasteiger partial charge in [0.05, 0.1) is 4.92 Å². The Bertz CT molecular complexity index is 476. The van der Waals surface area contributed by atoms with Crippen molar-refractivity contribution in [1.29, 1.82) is 0 Å². The second-order valence-electron chi connectivity index (χ2n) is 6.16. The number of pyridine rings is 1. The van der Waals surface area contributed by atoms with Crippen LogP contribution in [0.15, 0.2) is 12.1 Å². The molecule has 0 amide bonds. The maximum absolute atomic E-state index is 11.0. The molecule has 2 rings (SSSR count). The maximum Gasteiger partial charge on any atom is 0.311 e. The summed E-state index contributed by atoms with van der Waals surface area (Å²) in [6.45, 7) is 6.39. The van der Waals surface area contributed by atoms with Gasteiger partial charge in [0.15, 0.2) is 0 Å². The number of hydrogen-bond acceptors (Lipinski definition) is 4. The Morgan fingerprint density at radius 2 is 2.00 bits per heavy atom. The van der Waals surface area contributed by atoms with Crippen LogP contribution in [0.2, 0.25) is 0 Å². The first-order valence-electron chi connectivity index (χ1n) is 6.76. The van der Waals surface area contributed by atoms with E-state index in [2.05, 4.69) is 24.1 Å². The average molecular weight is 263 g/mol. The fourth-order valence-electron chi connectivity index (χ4n) is 2.54. The molecule has 0 aliphatic heterocycles. The van der Waals surface area contributed by atoms with E-state index in [1.165, 1.54) is 6.07 Å². The smallest absolute Gasteiger partial charge is 0.311 e. The van der Waals surface area contributed by atoms with Crippen molar-refractivity contribution in [2.75, 3.05) is 5.32 Å². The van der Waals surface area contributed by atoms with Gasteiger partial charge in [-0.05, 0) is 44.1 Å². The Hall–Kier alpha value is -1.65. The molecule has 5 heteroatoms. The Balaban J connectivity index is 2.11. The van der Waals surface area contributed by atoms with E-state index in [9.17, 15) is 10.1 Å². The molecule has 1 aromatic rings. The number of anilines is 1. The lowest BCUT2D eigenvalue weighted by Crippen LogP contribution is -2.30. The van der Waals surface area contributed by atoms with Crippen LogP contribution in [0.25, 0.3) is 0 Å². The highest BCUT2D eigenvalue weighted by Gasteiger charge is 2.28. The van der Waals surface area contributed by atoms with Gasteiger partial charge in [-0.25, -0.2) is 4.98 Å². The quantitative estimate of drug-likeness (QED) is 0.667. The molecule has 1 heterocycles. The lowest BCUT2D eigenvalue weighted by atomic mass is 9.75. The van der Waals surface area contributed by atoms with Crippen LogP contribution in [0, 0.1) is 22.5 Å². The fourth-order valence-corrected chi connectivity index (χ4v) is 2.54. The average Bonchev–Trinajstić information content (AvgIpc) is 2.31. The summed E-state index contributed by atoms with van der Waals surface area (Å²) >= 11 is 0. The summed E-state index contributed by atoms with van der Waals surface area (Å²) < 4.78 is 0. The largest absolute Gasteiger partial charge is 0.362 e. The topological polar surface area (TPSA) is 68.1 Å². The van der Waals surface area contributed by atoms with Crippen molar-refractivity contribution in [2.24, 2.45) is 5.41 Å². The second-order valence-corrected chi connectivity index (χ2v) is 6.16. The third-order valence-electron chi connectivity index (χ3n) is 3.89. The van der Waals surface area contributed by atoms with E-state index in [0.29, 0.717) is 17.3 Å². The van der Waals surface area contributed by atoms with Gasteiger partial charge in [0.25, 0.3) is 0 Å². The van der Waals surface area contributed by atoms with Crippen molar-refractivity contribution < 1.29 is 4.92 Å². The molecule has 0 radical (unpaired) electrons. The zero-order valence-corrected chi connectivity index (χ0v) is 11.8. The van der Waals surface area contributed by atoms with Gasteiger partial charge in [0.2, 0.25) is 5.82 Å². The summed E-state index contributed by atoms with van der Waals surface area (Å²) in [7, 11) is 0. The molecule has 5 nitrogen and oxygen atoms in total. The summed E-state index contributed by atoms with van der Waals surface area (Å²) in [5.74, 6) is 0.412. The summed E-state index contributed by atoms with van der Waals surface area (Å²) in [6.07, 6.45) is 4.37. The molecule has 19 heavy (non-hydrogen) atoms. The molecule has 0 unspecified atom stereocenters. The lowest BCUT2D eigenvalue weighted by molar-refractivity contribution is -0.384. The highest BCUT2D eigenvalue weighted by Crippen LogP contribution is 2.36. The molecule has 0 saturated heterocycles. The van der Waals surface area contributed by atoms with Crippen LogP contribution in [0.3, 0.4) is 0 Å². The van der Waals surface area contributed by atoms with Gasteiger partial charge >= 0.3 is 5.69 Å². The van der Waals surface area contributed by atoms with Crippen LogP contribution in [0.1, 0.15) is 45.2 Å². The molecular formula is C14H21N3O2. The summed E-state index contributed by atoms with van der Waals surface area (Å²) in [5.41, 5.74) is 1.25. The number of nitro groups is 1. The lowest BCUT2D eigenvalue weighted by Gasteiger charge is -2.34. The van der Waals surface area contributed by atoms with Crippen LogP contribution in [0.4, 0.5) is 11.5 Å². The second kappa shape index (κ2) is 5.15. The number of nitrogens with zero attached hydrogens (tertiary/aromatic N) is 2. The van der Waals surface area contributed by atoms with Gasteiger partial charge < -0.3 is 5.32 Å². The maximum atomic E-state index is 11.0. The van der Waals surface area contributed by atoms with E-state index in [4.69, 9.17) is 0 Å². The van der Waals surface area contributed by atoms with E-state index >= 15 is 0 Å². The van der Waals surface area contributed by atoms with Crippen LogP contribution in [0.5, 0.6) is 0 Å². The molecule has 1 saturated carbocycles. The molecule has 0 aromatic carbocycles. The summed E-state index contributed by atoms with van der Waals surface area (Å²) in [6, 6.07) is 3.49. The SMILES string of the molecule is Cc1ccc([N+](=O)[O-])c(NC2CCC(C)(C)CC2)n1. The van der Waals surface area contributed by atoms with Crippen molar-refractivity contribution >= 4 is 11.5 Å². The van der Waals surface area contributed by atoms with Gasteiger partial charge in [-0.1, -0.05) is 13.8 Å². The van der Waals surface area contributed by atoms with Gasteiger partial charge in [-0.2, -0.15) is 0 Å². The molecule has 1 aliphatic carbocycles. The van der Waals surface area contributed by atoms with Gasteiger partial charge in [-0.15, -0.1) is 0 Å². The minimum Gasteiger partial charge on any atom is -0.362 e. The monoisotopic (exact) mass is 263 g/mol. The van der Waals surface area contributed by atoms with Crippen LogP contribution < -0.4 is 5.32 Å². The van der Waals surface area contributed by atoms with Crippen molar-refractivity contribution in [3.8, 4) is 0 Å². The Kier molecular flexibility index (Phi) is 3.73. The number of aromatic nitrogens is 1. The molecule has 0 spiro atoms. The normalized spacial score (nSPS) is 19.1. The molecule has 104 valence electrons. The van der Waals surface area contributed by atoms with Gasteiger partial charge in [0.1, 0.15) is 0 Å². The van der Waals surface area contributed by atoms with Crippen molar-refractivity contribution in [2.45, 2.75) is 52.5 Å². The summed E-state index contributed by atoms with van der Waals surface area (Å²) in [5, 5.41) is 14.3. The Morgan fingerprint density at radius 3 is 2.58 bits per heavy atom. The first-order chi connectivity index (χ1) is 8.87. The Labute approximate surface area is 113 Å². The predicted octanol–water partition coefficient (Wildman–Crippen LogP) is 3.68.